The van der Waals surface area contributed by atoms with E-state index >= 15 is 0 Å². The Hall–Kier alpha value is -1.88. The second-order valence-corrected chi connectivity index (χ2v) is 3.91. The van der Waals surface area contributed by atoms with Crippen LogP contribution in [0.4, 0.5) is 0 Å². The lowest BCUT2D eigenvalue weighted by molar-refractivity contribution is 0.467. The van der Waals surface area contributed by atoms with Crippen molar-refractivity contribution in [2.24, 2.45) is 12.8 Å². The quantitative estimate of drug-likeness (QED) is 0.874. The second kappa shape index (κ2) is 4.55. The van der Waals surface area contributed by atoms with Crippen LogP contribution in [0.3, 0.4) is 0 Å². The Balaban J connectivity index is 2.38. The van der Waals surface area contributed by atoms with Gasteiger partial charge in [0.1, 0.15) is 11.4 Å². The zero-order valence-corrected chi connectivity index (χ0v) is 10.3. The van der Waals surface area contributed by atoms with Gasteiger partial charge in [-0.25, -0.2) is 0 Å². The standard InChI is InChI=1S/C12H16N4O/c1-8-12(9(2)16(3)15-8)17-11-4-5-14-7-10(11)6-13/h4-5,7H,6,13H2,1-3H3. The number of rotatable bonds is 3. The van der Waals surface area contributed by atoms with E-state index in [1.165, 1.54) is 0 Å². The number of hydrogen-bond acceptors (Lipinski definition) is 4. The van der Waals surface area contributed by atoms with Gasteiger partial charge in [0.05, 0.1) is 5.69 Å². The molecule has 0 saturated heterocycles. The predicted molar refractivity (Wildman–Crippen MR) is 64.9 cm³/mol. The van der Waals surface area contributed by atoms with Crippen molar-refractivity contribution in [3.05, 3.63) is 35.4 Å². The Morgan fingerprint density at radius 2 is 2.18 bits per heavy atom. The fraction of sp³-hybridized carbons (Fsp3) is 0.333. The molecule has 2 N–H and O–H groups in total. The van der Waals surface area contributed by atoms with Crippen LogP contribution in [0.1, 0.15) is 17.0 Å². The van der Waals surface area contributed by atoms with Crippen LogP contribution in [0.2, 0.25) is 0 Å². The zero-order chi connectivity index (χ0) is 12.4. The SMILES string of the molecule is Cc1nn(C)c(C)c1Oc1ccncc1CN. The molecule has 17 heavy (non-hydrogen) atoms. The van der Waals surface area contributed by atoms with Crippen molar-refractivity contribution in [3.63, 3.8) is 0 Å². The van der Waals surface area contributed by atoms with Crippen LogP contribution in [0.15, 0.2) is 18.5 Å². The highest BCUT2D eigenvalue weighted by atomic mass is 16.5. The molecular weight excluding hydrogens is 216 g/mol. The minimum absolute atomic E-state index is 0.404. The maximum absolute atomic E-state index is 5.88. The monoisotopic (exact) mass is 232 g/mol. The third-order valence-corrected chi connectivity index (χ3v) is 2.73. The summed E-state index contributed by atoms with van der Waals surface area (Å²) < 4.78 is 7.68. The Kier molecular flexibility index (Phi) is 3.10. The van der Waals surface area contributed by atoms with Crippen LogP contribution in [-0.4, -0.2) is 14.8 Å². The van der Waals surface area contributed by atoms with Crippen molar-refractivity contribution in [2.45, 2.75) is 20.4 Å². The second-order valence-electron chi connectivity index (χ2n) is 3.91. The van der Waals surface area contributed by atoms with Gasteiger partial charge in [0.15, 0.2) is 5.75 Å². The average Bonchev–Trinajstić information content (AvgIpc) is 2.57. The van der Waals surface area contributed by atoms with E-state index in [1.807, 2.05) is 27.0 Å². The van der Waals surface area contributed by atoms with Crippen LogP contribution in [0.25, 0.3) is 0 Å². The van der Waals surface area contributed by atoms with Crippen LogP contribution in [0.5, 0.6) is 11.5 Å². The molecule has 2 aromatic rings. The maximum Gasteiger partial charge on any atom is 0.171 e. The van der Waals surface area contributed by atoms with E-state index in [9.17, 15) is 0 Å². The summed E-state index contributed by atoms with van der Waals surface area (Å²) in [5.41, 5.74) is 8.38. The fourth-order valence-corrected chi connectivity index (χ4v) is 1.68. The van der Waals surface area contributed by atoms with Crippen LogP contribution in [-0.2, 0) is 13.6 Å². The molecule has 0 radical (unpaired) electrons. The first-order valence-corrected chi connectivity index (χ1v) is 5.44. The molecule has 5 heteroatoms. The van der Waals surface area contributed by atoms with Gasteiger partial charge in [-0.15, -0.1) is 0 Å². The van der Waals surface area contributed by atoms with Gasteiger partial charge in [0, 0.05) is 31.5 Å². The maximum atomic E-state index is 5.88. The van der Waals surface area contributed by atoms with Crippen LogP contribution >= 0.6 is 0 Å². The van der Waals surface area contributed by atoms with Gasteiger partial charge in [-0.05, 0) is 19.9 Å². The first kappa shape index (κ1) is 11.6. The van der Waals surface area contributed by atoms with Gasteiger partial charge in [-0.2, -0.15) is 5.10 Å². The molecule has 0 aliphatic rings. The lowest BCUT2D eigenvalue weighted by Gasteiger charge is -2.09. The first-order valence-electron chi connectivity index (χ1n) is 5.44. The molecule has 0 aromatic carbocycles. The first-order chi connectivity index (χ1) is 8.13. The summed E-state index contributed by atoms with van der Waals surface area (Å²) in [6.07, 6.45) is 3.41. The van der Waals surface area contributed by atoms with Crippen LogP contribution in [0, 0.1) is 13.8 Å². The molecule has 2 aromatic heterocycles. The Morgan fingerprint density at radius 1 is 1.41 bits per heavy atom. The molecule has 0 amide bonds. The normalized spacial score (nSPS) is 10.6. The molecule has 2 heterocycles. The average molecular weight is 232 g/mol. The molecule has 90 valence electrons. The van der Waals surface area contributed by atoms with Gasteiger partial charge >= 0.3 is 0 Å². The van der Waals surface area contributed by atoms with E-state index in [0.717, 1.165) is 28.5 Å². The topological polar surface area (TPSA) is 66.0 Å². The predicted octanol–water partition coefficient (Wildman–Crippen LogP) is 1.68. The molecule has 0 saturated carbocycles. The summed E-state index contributed by atoms with van der Waals surface area (Å²) in [7, 11) is 1.89. The number of ether oxygens (including phenoxy) is 1. The van der Waals surface area contributed by atoms with Crippen molar-refractivity contribution in [1.29, 1.82) is 0 Å². The van der Waals surface area contributed by atoms with Gasteiger partial charge in [-0.1, -0.05) is 0 Å². The lowest BCUT2D eigenvalue weighted by Crippen LogP contribution is -2.00. The summed E-state index contributed by atoms with van der Waals surface area (Å²) in [4.78, 5) is 4.03. The molecule has 0 atom stereocenters. The minimum atomic E-state index is 0.404. The van der Waals surface area contributed by atoms with Gasteiger partial charge in [-0.3, -0.25) is 9.67 Å². The van der Waals surface area contributed by atoms with E-state index in [0.29, 0.717) is 6.54 Å². The summed E-state index contributed by atoms with van der Waals surface area (Å²) in [5, 5.41) is 4.31. The van der Waals surface area contributed by atoms with Crippen molar-refractivity contribution in [1.82, 2.24) is 14.8 Å². The summed E-state index contributed by atoms with van der Waals surface area (Å²) >= 11 is 0. The molecular formula is C12H16N4O. The van der Waals surface area contributed by atoms with Crippen molar-refractivity contribution in [3.8, 4) is 11.5 Å². The van der Waals surface area contributed by atoms with E-state index in [2.05, 4.69) is 10.1 Å². The minimum Gasteiger partial charge on any atom is -0.453 e. The zero-order valence-electron chi connectivity index (χ0n) is 10.3. The Labute approximate surface area is 100 Å². The molecule has 0 spiro atoms. The molecule has 2 rings (SSSR count). The third kappa shape index (κ3) is 2.14. The summed E-state index contributed by atoms with van der Waals surface area (Å²) in [6.45, 7) is 4.30. The highest BCUT2D eigenvalue weighted by Gasteiger charge is 2.13. The third-order valence-electron chi connectivity index (χ3n) is 2.73. The summed E-state index contributed by atoms with van der Waals surface area (Å²) in [6, 6.07) is 1.81. The van der Waals surface area contributed by atoms with E-state index in [-0.39, 0.29) is 0 Å². The lowest BCUT2D eigenvalue weighted by atomic mass is 10.2. The molecule has 0 bridgehead atoms. The Bertz CT molecular complexity index is 533. The largest absolute Gasteiger partial charge is 0.453 e. The number of aryl methyl sites for hydroxylation is 2. The number of nitrogens with zero attached hydrogens (tertiary/aromatic N) is 3. The highest BCUT2D eigenvalue weighted by Crippen LogP contribution is 2.29. The van der Waals surface area contributed by atoms with E-state index < -0.39 is 0 Å². The number of pyridine rings is 1. The smallest absolute Gasteiger partial charge is 0.171 e. The number of aromatic nitrogens is 3. The van der Waals surface area contributed by atoms with Gasteiger partial charge in [0.2, 0.25) is 0 Å². The molecule has 0 unspecified atom stereocenters. The van der Waals surface area contributed by atoms with E-state index in [1.54, 1.807) is 17.1 Å². The van der Waals surface area contributed by atoms with Gasteiger partial charge in [0.25, 0.3) is 0 Å². The molecule has 5 nitrogen and oxygen atoms in total. The molecule has 0 aliphatic carbocycles. The molecule has 0 aliphatic heterocycles. The van der Waals surface area contributed by atoms with E-state index in [4.69, 9.17) is 10.5 Å². The molecule has 0 fully saturated rings. The van der Waals surface area contributed by atoms with Crippen LogP contribution < -0.4 is 10.5 Å². The van der Waals surface area contributed by atoms with Crippen molar-refractivity contribution >= 4 is 0 Å². The number of hydrogen-bond donors (Lipinski definition) is 1. The summed E-state index contributed by atoms with van der Waals surface area (Å²) in [5.74, 6) is 1.52. The van der Waals surface area contributed by atoms with Gasteiger partial charge < -0.3 is 10.5 Å². The highest BCUT2D eigenvalue weighted by molar-refractivity contribution is 5.39. The number of nitrogens with two attached hydrogens (primary N) is 1. The van der Waals surface area contributed by atoms with Crippen molar-refractivity contribution in [2.75, 3.05) is 0 Å². The Morgan fingerprint density at radius 3 is 2.76 bits per heavy atom. The van der Waals surface area contributed by atoms with Crippen molar-refractivity contribution < 1.29 is 4.74 Å². The fourth-order valence-electron chi connectivity index (χ4n) is 1.68.